The van der Waals surface area contributed by atoms with E-state index in [-0.39, 0.29) is 0 Å². The molecule has 2 aromatic carbocycles. The smallest absolute Gasteiger partial charge is 0.228 e. The number of hydrogen-bond donors (Lipinski definition) is 2. The Morgan fingerprint density at radius 2 is 1.76 bits per heavy atom. The van der Waals surface area contributed by atoms with Gasteiger partial charge >= 0.3 is 0 Å². The van der Waals surface area contributed by atoms with Crippen LogP contribution in [0.3, 0.4) is 0 Å². The van der Waals surface area contributed by atoms with E-state index < -0.39 is 13.7 Å². The van der Waals surface area contributed by atoms with Gasteiger partial charge in [0, 0.05) is 25.3 Å². The number of anilines is 2. The third kappa shape index (κ3) is 6.30. The van der Waals surface area contributed by atoms with E-state index in [2.05, 4.69) is 31.0 Å². The molecule has 8 heteroatoms. The zero-order chi connectivity index (χ0) is 26.2. The molecule has 37 heavy (non-hydrogen) atoms. The lowest BCUT2D eigenvalue weighted by Crippen LogP contribution is -2.22. The fourth-order valence-electron chi connectivity index (χ4n) is 5.20. The molecule has 1 aromatic heterocycles. The van der Waals surface area contributed by atoms with Gasteiger partial charge in [0.2, 0.25) is 11.1 Å². The van der Waals surface area contributed by atoms with Crippen molar-refractivity contribution in [2.75, 3.05) is 11.9 Å². The lowest BCUT2D eigenvalue weighted by atomic mass is 9.99. The van der Waals surface area contributed by atoms with E-state index in [1.807, 2.05) is 28.9 Å². The minimum absolute atomic E-state index is 0.376. The van der Waals surface area contributed by atoms with E-state index in [9.17, 15) is 5.11 Å². The van der Waals surface area contributed by atoms with Crippen molar-refractivity contribution in [1.29, 1.82) is 0 Å². The van der Waals surface area contributed by atoms with Gasteiger partial charge in [-0.2, -0.15) is 4.98 Å². The fourth-order valence-corrected chi connectivity index (χ4v) is 6.77. The van der Waals surface area contributed by atoms with Gasteiger partial charge in [-0.15, -0.1) is 5.10 Å². The first-order chi connectivity index (χ1) is 17.6. The summed E-state index contributed by atoms with van der Waals surface area (Å²) in [7, 11) is -1.17. The molecular weight excluding hydrogens is 496 g/mol. The Hall–Kier alpha value is -2.13. The SMILES string of the molecule is CC(C)(O)c1cccc(Sc2nc(Nc3c4c(cc5c3CCC5)CCC4)n(COCC[Si](C)(C)C)n2)c1. The summed E-state index contributed by atoms with van der Waals surface area (Å²) in [4.78, 5) is 5.95. The molecule has 5 rings (SSSR count). The standard InChI is InChI=1S/C29H40N4O2SSi/c1-29(2,34)22-11-8-12-23(18-22)36-28-31-27(33(32-28)19-35-15-16-37(3,4)5)30-26-24-13-6-9-20(24)17-21-10-7-14-25(21)26/h8,11-12,17-18,34H,6-7,9-10,13-16,19H2,1-5H3,(H,30,31,32). The molecule has 6 nitrogen and oxygen atoms in total. The molecule has 0 aliphatic heterocycles. The van der Waals surface area contributed by atoms with E-state index in [0.29, 0.717) is 11.9 Å². The van der Waals surface area contributed by atoms with Crippen molar-refractivity contribution < 1.29 is 9.84 Å². The zero-order valence-electron chi connectivity index (χ0n) is 22.9. The van der Waals surface area contributed by atoms with E-state index in [4.69, 9.17) is 14.8 Å². The lowest BCUT2D eigenvalue weighted by molar-refractivity contribution is 0.0783. The molecule has 0 amide bonds. The number of hydrogen-bond acceptors (Lipinski definition) is 6. The highest BCUT2D eigenvalue weighted by molar-refractivity contribution is 7.99. The topological polar surface area (TPSA) is 72.2 Å². The number of aryl methyl sites for hydroxylation is 2. The Kier molecular flexibility index (Phi) is 7.55. The maximum Gasteiger partial charge on any atom is 0.228 e. The highest BCUT2D eigenvalue weighted by Gasteiger charge is 2.26. The third-order valence-electron chi connectivity index (χ3n) is 7.32. The van der Waals surface area contributed by atoms with Crippen molar-refractivity contribution in [2.24, 2.45) is 0 Å². The molecule has 3 aromatic rings. The Bertz CT molecular complexity index is 1240. The van der Waals surface area contributed by atoms with Crippen LogP contribution < -0.4 is 5.32 Å². The second-order valence-electron chi connectivity index (χ2n) is 12.1. The summed E-state index contributed by atoms with van der Waals surface area (Å²) in [6, 6.07) is 11.6. The summed E-state index contributed by atoms with van der Waals surface area (Å²) in [5.41, 5.74) is 7.16. The predicted octanol–water partition coefficient (Wildman–Crippen LogP) is 6.69. The molecule has 0 unspecified atom stereocenters. The van der Waals surface area contributed by atoms with Gasteiger partial charge in [0.25, 0.3) is 0 Å². The van der Waals surface area contributed by atoms with Crippen molar-refractivity contribution in [2.45, 2.75) is 100 Å². The van der Waals surface area contributed by atoms with Gasteiger partial charge in [-0.05, 0) is 110 Å². The van der Waals surface area contributed by atoms with Crippen LogP contribution in [0.2, 0.25) is 25.7 Å². The quantitative estimate of drug-likeness (QED) is 0.222. The molecule has 2 aliphatic rings. The van der Waals surface area contributed by atoms with Crippen LogP contribution in [0.4, 0.5) is 11.6 Å². The van der Waals surface area contributed by atoms with Crippen LogP contribution in [0.1, 0.15) is 54.5 Å². The maximum atomic E-state index is 10.5. The number of fused-ring (bicyclic) bond motifs is 2. The Labute approximate surface area is 226 Å². The molecule has 0 fully saturated rings. The first-order valence-electron chi connectivity index (χ1n) is 13.5. The number of ether oxygens (including phenoxy) is 1. The fraction of sp³-hybridized carbons (Fsp3) is 0.517. The van der Waals surface area contributed by atoms with E-state index in [1.165, 1.54) is 65.4 Å². The van der Waals surface area contributed by atoms with Crippen LogP contribution in [0.15, 0.2) is 40.4 Å². The lowest BCUT2D eigenvalue weighted by Gasteiger charge is -2.18. The molecule has 0 bridgehead atoms. The second-order valence-corrected chi connectivity index (χ2v) is 18.8. The Balaban J connectivity index is 1.43. The van der Waals surface area contributed by atoms with Crippen molar-refractivity contribution in [3.63, 3.8) is 0 Å². The molecule has 0 radical (unpaired) electrons. The molecule has 0 saturated carbocycles. The number of nitrogens with zero attached hydrogens (tertiary/aromatic N) is 3. The Morgan fingerprint density at radius 1 is 1.05 bits per heavy atom. The minimum Gasteiger partial charge on any atom is -0.386 e. The second kappa shape index (κ2) is 10.6. The molecule has 0 atom stereocenters. The van der Waals surface area contributed by atoms with Crippen LogP contribution in [-0.4, -0.2) is 34.6 Å². The molecule has 198 valence electrons. The first kappa shape index (κ1) is 26.5. The molecular formula is C29H40N4O2SSi. The molecule has 0 spiro atoms. The Morgan fingerprint density at radius 3 is 2.41 bits per heavy atom. The van der Waals surface area contributed by atoms with E-state index >= 15 is 0 Å². The summed E-state index contributed by atoms with van der Waals surface area (Å²) in [6.07, 6.45) is 7.02. The van der Waals surface area contributed by atoms with Crippen molar-refractivity contribution in [3.05, 3.63) is 58.1 Å². The molecule has 2 aliphatic carbocycles. The average molecular weight is 537 g/mol. The monoisotopic (exact) mass is 536 g/mol. The summed E-state index contributed by atoms with van der Waals surface area (Å²) in [5.74, 6) is 0.739. The zero-order valence-corrected chi connectivity index (χ0v) is 24.7. The van der Waals surface area contributed by atoms with Gasteiger partial charge in [-0.25, -0.2) is 4.68 Å². The predicted molar refractivity (Wildman–Crippen MR) is 154 cm³/mol. The van der Waals surface area contributed by atoms with Crippen molar-refractivity contribution >= 4 is 31.5 Å². The van der Waals surface area contributed by atoms with Crippen molar-refractivity contribution in [3.8, 4) is 0 Å². The van der Waals surface area contributed by atoms with Crippen LogP contribution in [0.5, 0.6) is 0 Å². The van der Waals surface area contributed by atoms with Gasteiger partial charge in [0.05, 0.1) is 5.60 Å². The van der Waals surface area contributed by atoms with Gasteiger partial charge in [0.1, 0.15) is 6.73 Å². The van der Waals surface area contributed by atoms with Crippen LogP contribution in [0, 0.1) is 0 Å². The van der Waals surface area contributed by atoms with Crippen LogP contribution >= 0.6 is 11.8 Å². The van der Waals surface area contributed by atoms with Crippen LogP contribution in [0.25, 0.3) is 0 Å². The number of aliphatic hydroxyl groups is 1. The average Bonchev–Trinajstić information content (AvgIpc) is 3.56. The summed E-state index contributed by atoms with van der Waals surface area (Å²) in [6.45, 7) is 11.8. The first-order valence-corrected chi connectivity index (χ1v) is 18.1. The van der Waals surface area contributed by atoms with Gasteiger partial charge in [-0.1, -0.05) is 37.8 Å². The van der Waals surface area contributed by atoms with Crippen molar-refractivity contribution in [1.82, 2.24) is 14.8 Å². The molecule has 2 N–H and O–H groups in total. The van der Waals surface area contributed by atoms with Gasteiger partial charge < -0.3 is 15.2 Å². The number of aromatic nitrogens is 3. The summed E-state index contributed by atoms with van der Waals surface area (Å²) in [5, 5.41) is 19.7. The summed E-state index contributed by atoms with van der Waals surface area (Å²) < 4.78 is 7.98. The number of rotatable bonds is 10. The van der Waals surface area contributed by atoms with E-state index in [0.717, 1.165) is 41.9 Å². The third-order valence-corrected chi connectivity index (χ3v) is 9.87. The largest absolute Gasteiger partial charge is 0.386 e. The number of nitrogens with one attached hydrogen (secondary N) is 1. The molecule has 1 heterocycles. The maximum absolute atomic E-state index is 10.5. The number of benzene rings is 2. The minimum atomic E-state index is -1.17. The normalized spacial score (nSPS) is 15.2. The van der Waals surface area contributed by atoms with Gasteiger partial charge in [0.15, 0.2) is 0 Å². The molecule has 0 saturated heterocycles. The van der Waals surface area contributed by atoms with Gasteiger partial charge in [-0.3, -0.25) is 0 Å². The van der Waals surface area contributed by atoms with Crippen LogP contribution in [-0.2, 0) is 42.8 Å². The highest BCUT2D eigenvalue weighted by atomic mass is 32.2. The summed E-state index contributed by atoms with van der Waals surface area (Å²) >= 11 is 1.51. The van der Waals surface area contributed by atoms with E-state index in [1.54, 1.807) is 13.8 Å². The highest BCUT2D eigenvalue weighted by Crippen LogP contribution is 2.40.